The van der Waals surface area contributed by atoms with Crippen LogP contribution in [0.5, 0.6) is 0 Å². The number of morpholine rings is 2. The molecule has 3 aliphatic rings. The third kappa shape index (κ3) is 6.42. The number of ether oxygens (including phenoxy) is 3. The van der Waals surface area contributed by atoms with Crippen LogP contribution in [0.2, 0.25) is 0 Å². The van der Waals surface area contributed by atoms with Crippen LogP contribution in [0.4, 0.5) is 0 Å². The molecule has 1 N–H and O–H groups in total. The number of benzene rings is 1. The van der Waals surface area contributed by atoms with Gasteiger partial charge in [0.15, 0.2) is 5.96 Å². The summed E-state index contributed by atoms with van der Waals surface area (Å²) in [7, 11) is 0. The van der Waals surface area contributed by atoms with Crippen molar-refractivity contribution in [3.8, 4) is 0 Å². The number of rotatable bonds is 6. The maximum Gasteiger partial charge on any atom is 0.194 e. The van der Waals surface area contributed by atoms with Crippen molar-refractivity contribution in [2.45, 2.75) is 58.1 Å². The smallest absolute Gasteiger partial charge is 0.194 e. The van der Waals surface area contributed by atoms with Gasteiger partial charge >= 0.3 is 0 Å². The molecule has 0 aromatic heterocycles. The number of aliphatic imine (C=N–C) groups is 1. The number of guanidine groups is 1. The molecule has 1 aromatic carbocycles. The molecule has 3 fully saturated rings. The van der Waals surface area contributed by atoms with Crippen LogP contribution in [-0.4, -0.2) is 86.6 Å². The number of hydrogen-bond acceptors (Lipinski definition) is 5. The topological polar surface area (TPSA) is 58.6 Å². The largest absolute Gasteiger partial charge is 0.376 e. The standard InChI is InChI=1S/C24H38N4O3/c1-3-25-24(28-10-13-31-23(18-28)22-8-5-11-30-22)26-15-20-6-4-7-21(14-20)17-27-9-12-29-19(2)16-27/h4,6-7,14,19,22-23H,3,5,8-13,15-18H2,1-2H3,(H,25,26). The summed E-state index contributed by atoms with van der Waals surface area (Å²) in [5.74, 6) is 0.973. The highest BCUT2D eigenvalue weighted by atomic mass is 16.5. The van der Waals surface area contributed by atoms with Crippen molar-refractivity contribution in [3.63, 3.8) is 0 Å². The minimum atomic E-state index is 0.138. The van der Waals surface area contributed by atoms with Crippen molar-refractivity contribution >= 4 is 5.96 Å². The molecule has 1 aromatic rings. The van der Waals surface area contributed by atoms with E-state index in [1.165, 1.54) is 11.1 Å². The molecule has 0 spiro atoms. The Balaban J connectivity index is 1.37. The zero-order valence-corrected chi connectivity index (χ0v) is 19.1. The van der Waals surface area contributed by atoms with Gasteiger partial charge in [-0.15, -0.1) is 0 Å². The quantitative estimate of drug-likeness (QED) is 0.552. The third-order valence-electron chi connectivity index (χ3n) is 6.24. The first-order valence-corrected chi connectivity index (χ1v) is 11.9. The average molecular weight is 431 g/mol. The van der Waals surface area contributed by atoms with E-state index in [2.05, 4.69) is 53.2 Å². The summed E-state index contributed by atoms with van der Waals surface area (Å²) in [5, 5.41) is 3.48. The molecule has 0 bridgehead atoms. The van der Waals surface area contributed by atoms with Crippen LogP contribution in [0, 0.1) is 0 Å². The van der Waals surface area contributed by atoms with E-state index in [-0.39, 0.29) is 12.2 Å². The summed E-state index contributed by atoms with van der Waals surface area (Å²) < 4.78 is 17.6. The van der Waals surface area contributed by atoms with Gasteiger partial charge in [-0.2, -0.15) is 0 Å². The van der Waals surface area contributed by atoms with Crippen molar-refractivity contribution < 1.29 is 14.2 Å². The first-order chi connectivity index (χ1) is 15.2. The van der Waals surface area contributed by atoms with Gasteiger partial charge in [0.05, 0.1) is 32.0 Å². The second kappa shape index (κ2) is 11.3. The number of nitrogens with one attached hydrogen (secondary N) is 1. The second-order valence-corrected chi connectivity index (χ2v) is 8.81. The lowest BCUT2D eigenvalue weighted by Crippen LogP contribution is -2.53. The molecule has 4 rings (SSSR count). The zero-order valence-electron chi connectivity index (χ0n) is 19.1. The Bertz CT molecular complexity index is 723. The lowest BCUT2D eigenvalue weighted by Gasteiger charge is -2.37. The maximum absolute atomic E-state index is 6.02. The van der Waals surface area contributed by atoms with Gasteiger partial charge in [-0.3, -0.25) is 4.90 Å². The second-order valence-electron chi connectivity index (χ2n) is 8.81. The van der Waals surface area contributed by atoms with E-state index < -0.39 is 0 Å². The fraction of sp³-hybridized carbons (Fsp3) is 0.708. The van der Waals surface area contributed by atoms with Crippen molar-refractivity contribution in [2.75, 3.05) is 52.5 Å². The van der Waals surface area contributed by atoms with Crippen LogP contribution < -0.4 is 5.32 Å². The van der Waals surface area contributed by atoms with Crippen LogP contribution in [-0.2, 0) is 27.3 Å². The van der Waals surface area contributed by atoms with Gasteiger partial charge in [0.1, 0.15) is 6.10 Å². The Labute approximate surface area is 186 Å². The molecule has 3 unspecified atom stereocenters. The summed E-state index contributed by atoms with van der Waals surface area (Å²) in [4.78, 5) is 9.77. The van der Waals surface area contributed by atoms with Crippen LogP contribution in [0.25, 0.3) is 0 Å². The van der Waals surface area contributed by atoms with E-state index in [1.54, 1.807) is 0 Å². The molecule has 3 saturated heterocycles. The van der Waals surface area contributed by atoms with Crippen molar-refractivity contribution in [1.82, 2.24) is 15.1 Å². The highest BCUT2D eigenvalue weighted by Gasteiger charge is 2.32. The van der Waals surface area contributed by atoms with Gasteiger partial charge in [0, 0.05) is 45.9 Å². The first-order valence-electron chi connectivity index (χ1n) is 11.9. The van der Waals surface area contributed by atoms with E-state index in [0.29, 0.717) is 12.6 Å². The monoisotopic (exact) mass is 430 g/mol. The minimum absolute atomic E-state index is 0.138. The summed E-state index contributed by atoms with van der Waals surface area (Å²) >= 11 is 0. The first kappa shape index (κ1) is 22.5. The lowest BCUT2D eigenvalue weighted by molar-refractivity contribution is -0.0817. The van der Waals surface area contributed by atoms with Gasteiger partial charge in [-0.25, -0.2) is 4.99 Å². The average Bonchev–Trinajstić information content (AvgIpc) is 3.32. The van der Waals surface area contributed by atoms with Crippen LogP contribution in [0.1, 0.15) is 37.8 Å². The zero-order chi connectivity index (χ0) is 21.5. The highest BCUT2D eigenvalue weighted by Crippen LogP contribution is 2.21. The third-order valence-corrected chi connectivity index (χ3v) is 6.24. The summed E-state index contributed by atoms with van der Waals surface area (Å²) in [6, 6.07) is 8.83. The molecule has 0 aliphatic carbocycles. The summed E-state index contributed by atoms with van der Waals surface area (Å²) in [6.07, 6.45) is 2.92. The predicted octanol–water partition coefficient (Wildman–Crippen LogP) is 2.25. The van der Waals surface area contributed by atoms with Gasteiger partial charge < -0.3 is 24.4 Å². The van der Waals surface area contributed by atoms with Gasteiger partial charge in [0.2, 0.25) is 0 Å². The molecule has 0 radical (unpaired) electrons. The van der Waals surface area contributed by atoms with E-state index >= 15 is 0 Å². The van der Waals surface area contributed by atoms with Crippen LogP contribution in [0.3, 0.4) is 0 Å². The number of hydrogen-bond donors (Lipinski definition) is 1. The van der Waals surface area contributed by atoms with Gasteiger partial charge in [-0.1, -0.05) is 24.3 Å². The Kier molecular flexibility index (Phi) is 8.19. The predicted molar refractivity (Wildman–Crippen MR) is 122 cm³/mol. The molecule has 172 valence electrons. The summed E-state index contributed by atoms with van der Waals surface area (Å²) in [5.41, 5.74) is 2.59. The Morgan fingerprint density at radius 1 is 1.06 bits per heavy atom. The normalized spacial score (nSPS) is 28.1. The van der Waals surface area contributed by atoms with E-state index in [0.717, 1.165) is 77.9 Å². The number of nitrogens with zero attached hydrogens (tertiary/aromatic N) is 3. The molecule has 3 atom stereocenters. The Morgan fingerprint density at radius 2 is 1.90 bits per heavy atom. The molecule has 7 nitrogen and oxygen atoms in total. The molecule has 0 saturated carbocycles. The van der Waals surface area contributed by atoms with Crippen molar-refractivity contribution in [3.05, 3.63) is 35.4 Å². The lowest BCUT2D eigenvalue weighted by atomic mass is 10.1. The highest BCUT2D eigenvalue weighted by molar-refractivity contribution is 5.80. The van der Waals surface area contributed by atoms with E-state index in [1.807, 2.05) is 0 Å². The molecular formula is C24H38N4O3. The Hall–Kier alpha value is -1.67. The fourth-order valence-electron chi connectivity index (χ4n) is 4.70. The molecule has 3 aliphatic heterocycles. The van der Waals surface area contributed by atoms with E-state index in [9.17, 15) is 0 Å². The van der Waals surface area contributed by atoms with Gasteiger partial charge in [0.25, 0.3) is 0 Å². The minimum Gasteiger partial charge on any atom is -0.376 e. The van der Waals surface area contributed by atoms with Crippen LogP contribution >= 0.6 is 0 Å². The SMILES string of the molecule is CCNC(=NCc1cccc(CN2CCOC(C)C2)c1)N1CCOC(C2CCCO2)C1. The fourth-order valence-corrected chi connectivity index (χ4v) is 4.70. The maximum atomic E-state index is 6.02. The van der Waals surface area contributed by atoms with E-state index in [4.69, 9.17) is 19.2 Å². The molecular weight excluding hydrogens is 392 g/mol. The van der Waals surface area contributed by atoms with Crippen molar-refractivity contribution in [2.24, 2.45) is 4.99 Å². The molecule has 3 heterocycles. The molecule has 7 heteroatoms. The van der Waals surface area contributed by atoms with Crippen LogP contribution in [0.15, 0.2) is 29.3 Å². The Morgan fingerprint density at radius 3 is 2.71 bits per heavy atom. The van der Waals surface area contributed by atoms with Gasteiger partial charge in [-0.05, 0) is 37.8 Å². The summed E-state index contributed by atoms with van der Waals surface area (Å²) in [6.45, 7) is 12.9. The molecule has 31 heavy (non-hydrogen) atoms. The van der Waals surface area contributed by atoms with Crippen molar-refractivity contribution in [1.29, 1.82) is 0 Å². The molecule has 0 amide bonds.